The van der Waals surface area contributed by atoms with Crippen LogP contribution in [-0.2, 0) is 0 Å². The molecule has 12 heavy (non-hydrogen) atoms. The largest absolute Gasteiger partial charge is 0.392 e. The van der Waals surface area contributed by atoms with E-state index in [1.165, 1.54) is 0 Å². The lowest BCUT2D eigenvalue weighted by Crippen LogP contribution is -2.37. The van der Waals surface area contributed by atoms with E-state index in [2.05, 4.69) is 4.90 Å². The molecule has 1 fully saturated rings. The van der Waals surface area contributed by atoms with Crippen LogP contribution >= 0.6 is 0 Å². The van der Waals surface area contributed by atoms with Crippen LogP contribution in [0.3, 0.4) is 0 Å². The van der Waals surface area contributed by atoms with Crippen LogP contribution in [0.2, 0.25) is 0 Å². The SMILES string of the molecule is CC[C@@H](O)CN1CC[C@@H](O)[C@@H]1C. The van der Waals surface area contributed by atoms with E-state index in [0.29, 0.717) is 6.54 Å². The summed E-state index contributed by atoms with van der Waals surface area (Å²) in [5.74, 6) is 0. The maximum absolute atomic E-state index is 9.43. The van der Waals surface area contributed by atoms with Crippen molar-refractivity contribution >= 4 is 0 Å². The number of hydrogen-bond donors (Lipinski definition) is 2. The van der Waals surface area contributed by atoms with E-state index >= 15 is 0 Å². The molecule has 0 aliphatic carbocycles. The van der Waals surface area contributed by atoms with Gasteiger partial charge in [-0.3, -0.25) is 4.90 Å². The second-order valence-corrected chi connectivity index (χ2v) is 3.65. The van der Waals surface area contributed by atoms with Crippen LogP contribution in [-0.4, -0.2) is 46.5 Å². The van der Waals surface area contributed by atoms with Crippen molar-refractivity contribution in [2.24, 2.45) is 0 Å². The van der Waals surface area contributed by atoms with E-state index in [1.807, 2.05) is 13.8 Å². The zero-order valence-corrected chi connectivity index (χ0v) is 7.90. The minimum atomic E-state index is -0.238. The van der Waals surface area contributed by atoms with Crippen LogP contribution < -0.4 is 0 Å². The lowest BCUT2D eigenvalue weighted by atomic mass is 10.2. The fourth-order valence-electron chi connectivity index (χ4n) is 1.64. The van der Waals surface area contributed by atoms with Gasteiger partial charge in [0.05, 0.1) is 12.2 Å². The number of rotatable bonds is 3. The second kappa shape index (κ2) is 4.21. The maximum atomic E-state index is 9.43. The Morgan fingerprint density at radius 1 is 1.58 bits per heavy atom. The van der Waals surface area contributed by atoms with Crippen LogP contribution in [0.5, 0.6) is 0 Å². The molecule has 3 heteroatoms. The summed E-state index contributed by atoms with van der Waals surface area (Å²) in [6.07, 6.45) is 1.20. The fraction of sp³-hybridized carbons (Fsp3) is 1.00. The first kappa shape index (κ1) is 9.96. The van der Waals surface area contributed by atoms with Gasteiger partial charge in [0.25, 0.3) is 0 Å². The van der Waals surface area contributed by atoms with Crippen LogP contribution in [0.1, 0.15) is 26.7 Å². The minimum absolute atomic E-state index is 0.200. The van der Waals surface area contributed by atoms with Gasteiger partial charge in [0.1, 0.15) is 0 Å². The highest BCUT2D eigenvalue weighted by atomic mass is 16.3. The summed E-state index contributed by atoms with van der Waals surface area (Å²) >= 11 is 0. The third kappa shape index (κ3) is 2.19. The molecule has 0 aromatic rings. The van der Waals surface area contributed by atoms with Crippen molar-refractivity contribution in [2.75, 3.05) is 13.1 Å². The van der Waals surface area contributed by atoms with Gasteiger partial charge in [0, 0.05) is 19.1 Å². The average Bonchev–Trinajstić information content (AvgIpc) is 2.36. The maximum Gasteiger partial charge on any atom is 0.0704 e. The molecule has 0 unspecified atom stereocenters. The van der Waals surface area contributed by atoms with Gasteiger partial charge in [-0.1, -0.05) is 6.92 Å². The van der Waals surface area contributed by atoms with E-state index in [9.17, 15) is 10.2 Å². The number of nitrogens with zero attached hydrogens (tertiary/aromatic N) is 1. The number of aliphatic hydroxyl groups is 2. The van der Waals surface area contributed by atoms with Gasteiger partial charge < -0.3 is 10.2 Å². The zero-order chi connectivity index (χ0) is 9.14. The minimum Gasteiger partial charge on any atom is -0.392 e. The van der Waals surface area contributed by atoms with Crippen molar-refractivity contribution in [3.8, 4) is 0 Å². The number of β-amino-alcohol motifs (C(OH)–C–C–N with tert-alkyl or cyclic N) is 1. The molecule has 3 atom stereocenters. The van der Waals surface area contributed by atoms with Crippen LogP contribution in [0.15, 0.2) is 0 Å². The van der Waals surface area contributed by atoms with E-state index < -0.39 is 0 Å². The third-order valence-corrected chi connectivity index (χ3v) is 2.76. The molecule has 0 radical (unpaired) electrons. The quantitative estimate of drug-likeness (QED) is 0.641. The Bertz CT molecular complexity index is 140. The number of aliphatic hydroxyl groups excluding tert-OH is 2. The summed E-state index contributed by atoms with van der Waals surface area (Å²) in [6, 6.07) is 0.214. The van der Waals surface area contributed by atoms with E-state index in [0.717, 1.165) is 19.4 Å². The highest BCUT2D eigenvalue weighted by Crippen LogP contribution is 2.17. The molecule has 72 valence electrons. The number of likely N-dealkylation sites (tertiary alicyclic amines) is 1. The van der Waals surface area contributed by atoms with Crippen molar-refractivity contribution < 1.29 is 10.2 Å². The summed E-state index contributed by atoms with van der Waals surface area (Å²) < 4.78 is 0. The predicted octanol–water partition coefficient (Wildman–Crippen LogP) is 0.212. The van der Waals surface area contributed by atoms with E-state index in [4.69, 9.17) is 0 Å². The topological polar surface area (TPSA) is 43.7 Å². The van der Waals surface area contributed by atoms with Gasteiger partial charge in [0.2, 0.25) is 0 Å². The van der Waals surface area contributed by atoms with E-state index in [-0.39, 0.29) is 18.2 Å². The Kier molecular flexibility index (Phi) is 3.50. The molecular weight excluding hydrogens is 154 g/mol. The summed E-state index contributed by atoms with van der Waals surface area (Å²) in [5.41, 5.74) is 0. The Balaban J connectivity index is 2.33. The number of hydrogen-bond acceptors (Lipinski definition) is 3. The lowest BCUT2D eigenvalue weighted by Gasteiger charge is -2.24. The standard InChI is InChI=1S/C9H19NO2/c1-3-8(11)6-10-5-4-9(12)7(10)2/h7-9,11-12H,3-6H2,1-2H3/t7-,8+,9+/m0/s1. The molecule has 1 aliphatic rings. The van der Waals surface area contributed by atoms with Gasteiger partial charge in [-0.25, -0.2) is 0 Å². The molecule has 0 saturated carbocycles. The molecule has 0 aromatic heterocycles. The smallest absolute Gasteiger partial charge is 0.0704 e. The average molecular weight is 173 g/mol. The van der Waals surface area contributed by atoms with Crippen LogP contribution in [0.4, 0.5) is 0 Å². The molecule has 1 saturated heterocycles. The van der Waals surface area contributed by atoms with Crippen molar-refractivity contribution in [1.29, 1.82) is 0 Å². The highest BCUT2D eigenvalue weighted by Gasteiger charge is 2.29. The van der Waals surface area contributed by atoms with Gasteiger partial charge in [-0.2, -0.15) is 0 Å². The molecule has 0 amide bonds. The first-order valence-corrected chi connectivity index (χ1v) is 4.75. The Hall–Kier alpha value is -0.120. The third-order valence-electron chi connectivity index (χ3n) is 2.76. The molecule has 1 aliphatic heterocycles. The van der Waals surface area contributed by atoms with Gasteiger partial charge in [0.15, 0.2) is 0 Å². The molecule has 0 spiro atoms. The van der Waals surface area contributed by atoms with Crippen molar-refractivity contribution in [2.45, 2.75) is 44.9 Å². The molecule has 1 rings (SSSR count). The molecule has 0 bridgehead atoms. The first-order chi connectivity index (χ1) is 5.65. The summed E-state index contributed by atoms with van der Waals surface area (Å²) in [5, 5.41) is 18.8. The van der Waals surface area contributed by atoms with Crippen LogP contribution in [0, 0.1) is 0 Å². The van der Waals surface area contributed by atoms with Crippen molar-refractivity contribution in [1.82, 2.24) is 4.90 Å². The van der Waals surface area contributed by atoms with Crippen molar-refractivity contribution in [3.05, 3.63) is 0 Å². The van der Waals surface area contributed by atoms with E-state index in [1.54, 1.807) is 0 Å². The molecule has 3 nitrogen and oxygen atoms in total. The molecule has 0 aromatic carbocycles. The Labute approximate surface area is 74.0 Å². The highest BCUT2D eigenvalue weighted by molar-refractivity contribution is 4.84. The monoisotopic (exact) mass is 173 g/mol. The summed E-state index contributed by atoms with van der Waals surface area (Å²) in [6.45, 7) is 5.61. The van der Waals surface area contributed by atoms with Gasteiger partial charge in [-0.05, 0) is 19.8 Å². The van der Waals surface area contributed by atoms with Crippen LogP contribution in [0.25, 0.3) is 0 Å². The fourth-order valence-corrected chi connectivity index (χ4v) is 1.64. The van der Waals surface area contributed by atoms with Gasteiger partial charge in [-0.15, -0.1) is 0 Å². The summed E-state index contributed by atoms with van der Waals surface area (Å²) in [4.78, 5) is 2.15. The molecular formula is C9H19NO2. The summed E-state index contributed by atoms with van der Waals surface area (Å²) in [7, 11) is 0. The first-order valence-electron chi connectivity index (χ1n) is 4.75. The molecule has 2 N–H and O–H groups in total. The lowest BCUT2D eigenvalue weighted by molar-refractivity contribution is 0.0788. The molecule has 1 heterocycles. The Morgan fingerprint density at radius 3 is 2.67 bits per heavy atom. The normalized spacial score (nSPS) is 34.0. The predicted molar refractivity (Wildman–Crippen MR) is 48.0 cm³/mol. The second-order valence-electron chi connectivity index (χ2n) is 3.65. The van der Waals surface area contributed by atoms with Crippen molar-refractivity contribution in [3.63, 3.8) is 0 Å². The zero-order valence-electron chi connectivity index (χ0n) is 7.90. The Morgan fingerprint density at radius 2 is 2.25 bits per heavy atom. The van der Waals surface area contributed by atoms with Gasteiger partial charge >= 0.3 is 0 Å².